The molecular weight excluding hydrogens is 232 g/mol. The maximum atomic E-state index is 9.95. The third-order valence-corrected chi connectivity index (χ3v) is 5.97. The van der Waals surface area contributed by atoms with Gasteiger partial charge in [0.15, 0.2) is 0 Å². The van der Waals surface area contributed by atoms with Gasteiger partial charge in [0.2, 0.25) is 0 Å². The van der Waals surface area contributed by atoms with Gasteiger partial charge in [-0.05, 0) is 25.2 Å². The van der Waals surface area contributed by atoms with Gasteiger partial charge in [-0.3, -0.25) is 0 Å². The maximum Gasteiger partial charge on any atom is 0.0499 e. The minimum Gasteiger partial charge on any atom is -0.396 e. The van der Waals surface area contributed by atoms with Gasteiger partial charge in [-0.25, -0.2) is 0 Å². The summed E-state index contributed by atoms with van der Waals surface area (Å²) in [4.78, 5) is 0. The molecule has 0 bridgehead atoms. The lowest BCUT2D eigenvalue weighted by Gasteiger charge is -2.51. The Labute approximate surface area is 118 Å². The Morgan fingerprint density at radius 2 is 1.79 bits per heavy atom. The van der Waals surface area contributed by atoms with Crippen LogP contribution >= 0.6 is 0 Å². The molecule has 2 aliphatic carbocycles. The topological polar surface area (TPSA) is 20.2 Å². The summed E-state index contributed by atoms with van der Waals surface area (Å²) in [5.74, 6) is 1.57. The molecule has 108 valence electrons. The van der Waals surface area contributed by atoms with Crippen LogP contribution in [0.15, 0.2) is 22.8 Å². The molecule has 0 radical (unpaired) electrons. The van der Waals surface area contributed by atoms with Crippen molar-refractivity contribution < 1.29 is 5.11 Å². The van der Waals surface area contributed by atoms with E-state index in [0.29, 0.717) is 17.8 Å². The second-order valence-corrected chi connectivity index (χ2v) is 7.90. The highest BCUT2D eigenvalue weighted by atomic mass is 16.3. The highest BCUT2D eigenvalue weighted by molar-refractivity contribution is 5.44. The number of aliphatic hydroxyl groups excluding tert-OH is 1. The molecule has 3 atom stereocenters. The molecule has 0 fully saturated rings. The molecule has 0 spiro atoms. The zero-order valence-electron chi connectivity index (χ0n) is 13.7. The number of hydrogen-bond donors (Lipinski definition) is 1. The zero-order chi connectivity index (χ0) is 14.6. The van der Waals surface area contributed by atoms with Crippen LogP contribution in [0.5, 0.6) is 0 Å². The van der Waals surface area contributed by atoms with Crippen molar-refractivity contribution in [3.63, 3.8) is 0 Å². The van der Waals surface area contributed by atoms with Gasteiger partial charge in [0, 0.05) is 23.4 Å². The molecule has 0 saturated carbocycles. The van der Waals surface area contributed by atoms with Crippen molar-refractivity contribution in [2.75, 3.05) is 6.61 Å². The normalized spacial score (nSPS) is 36.8. The summed E-state index contributed by atoms with van der Waals surface area (Å²) in [6, 6.07) is 0. The SMILES string of the molecule is CC1=CC(C)(C)C2=C(C(CO)C(C)C(C)C2)C1(C)C. The fourth-order valence-corrected chi connectivity index (χ4v) is 4.23. The van der Waals surface area contributed by atoms with Crippen molar-refractivity contribution in [2.24, 2.45) is 28.6 Å². The largest absolute Gasteiger partial charge is 0.396 e. The molecular formula is C18H30O. The first-order valence-corrected chi connectivity index (χ1v) is 7.67. The molecule has 1 heteroatoms. The molecule has 2 aliphatic rings. The van der Waals surface area contributed by atoms with E-state index in [2.05, 4.69) is 54.5 Å². The quantitative estimate of drug-likeness (QED) is 0.686. The smallest absolute Gasteiger partial charge is 0.0499 e. The van der Waals surface area contributed by atoms with Crippen molar-refractivity contribution in [3.8, 4) is 0 Å². The summed E-state index contributed by atoms with van der Waals surface area (Å²) < 4.78 is 0. The second-order valence-electron chi connectivity index (χ2n) is 7.90. The first kappa shape index (κ1) is 14.8. The number of aliphatic hydroxyl groups is 1. The van der Waals surface area contributed by atoms with E-state index in [4.69, 9.17) is 0 Å². The number of rotatable bonds is 1. The van der Waals surface area contributed by atoms with Crippen LogP contribution in [0.1, 0.15) is 54.9 Å². The standard InChI is InChI=1S/C18H30O/c1-11-8-15-16(14(10-19)13(11)3)18(6,7)12(2)9-17(15,4)5/h9,11,13-14,19H,8,10H2,1-7H3. The van der Waals surface area contributed by atoms with E-state index in [1.807, 2.05) is 0 Å². The minimum atomic E-state index is 0.104. The Kier molecular flexibility index (Phi) is 3.50. The van der Waals surface area contributed by atoms with E-state index in [-0.39, 0.29) is 17.4 Å². The van der Waals surface area contributed by atoms with E-state index in [9.17, 15) is 5.11 Å². The number of allylic oxidation sites excluding steroid dienone is 3. The van der Waals surface area contributed by atoms with Crippen molar-refractivity contribution in [1.29, 1.82) is 0 Å². The van der Waals surface area contributed by atoms with Gasteiger partial charge in [0.1, 0.15) is 0 Å². The van der Waals surface area contributed by atoms with E-state index in [1.54, 1.807) is 5.57 Å². The molecule has 0 aromatic heterocycles. The first-order chi connectivity index (χ1) is 8.63. The minimum absolute atomic E-state index is 0.104. The van der Waals surface area contributed by atoms with Crippen LogP contribution in [0.2, 0.25) is 0 Å². The van der Waals surface area contributed by atoms with Crippen LogP contribution < -0.4 is 0 Å². The monoisotopic (exact) mass is 262 g/mol. The van der Waals surface area contributed by atoms with Crippen LogP contribution in [-0.2, 0) is 0 Å². The molecule has 1 N–H and O–H groups in total. The second kappa shape index (κ2) is 4.48. The predicted octanol–water partition coefficient (Wildman–Crippen LogP) is 4.58. The van der Waals surface area contributed by atoms with Crippen LogP contribution in [0.4, 0.5) is 0 Å². The molecule has 0 heterocycles. The summed E-state index contributed by atoms with van der Waals surface area (Å²) in [5.41, 5.74) is 4.83. The molecule has 3 unspecified atom stereocenters. The van der Waals surface area contributed by atoms with Gasteiger partial charge in [-0.15, -0.1) is 0 Å². The van der Waals surface area contributed by atoms with Crippen LogP contribution in [0.25, 0.3) is 0 Å². The van der Waals surface area contributed by atoms with Crippen molar-refractivity contribution in [3.05, 3.63) is 22.8 Å². The average Bonchev–Trinajstić information content (AvgIpc) is 2.29. The Bertz CT molecular complexity index is 437. The lowest BCUT2D eigenvalue weighted by atomic mass is 9.54. The molecule has 0 aliphatic heterocycles. The van der Waals surface area contributed by atoms with Gasteiger partial charge in [0.25, 0.3) is 0 Å². The van der Waals surface area contributed by atoms with Gasteiger partial charge in [-0.2, -0.15) is 0 Å². The molecule has 0 aromatic rings. The molecule has 19 heavy (non-hydrogen) atoms. The third-order valence-electron chi connectivity index (χ3n) is 5.97. The van der Waals surface area contributed by atoms with Crippen LogP contribution in [-0.4, -0.2) is 11.7 Å². The average molecular weight is 262 g/mol. The third kappa shape index (κ3) is 2.11. The molecule has 0 aromatic carbocycles. The fourth-order valence-electron chi connectivity index (χ4n) is 4.23. The lowest BCUT2D eigenvalue weighted by molar-refractivity contribution is 0.137. The molecule has 0 amide bonds. The van der Waals surface area contributed by atoms with Gasteiger partial charge >= 0.3 is 0 Å². The van der Waals surface area contributed by atoms with E-state index >= 15 is 0 Å². The van der Waals surface area contributed by atoms with Gasteiger partial charge in [0.05, 0.1) is 0 Å². The fraction of sp³-hybridized carbons (Fsp3) is 0.778. The van der Waals surface area contributed by atoms with Gasteiger partial charge in [-0.1, -0.05) is 64.3 Å². The Morgan fingerprint density at radius 3 is 2.32 bits per heavy atom. The zero-order valence-corrected chi connectivity index (χ0v) is 13.7. The Balaban J connectivity index is 2.64. The highest BCUT2D eigenvalue weighted by Crippen LogP contribution is 2.56. The Morgan fingerprint density at radius 1 is 1.21 bits per heavy atom. The van der Waals surface area contributed by atoms with Crippen LogP contribution in [0.3, 0.4) is 0 Å². The van der Waals surface area contributed by atoms with Crippen molar-refractivity contribution in [1.82, 2.24) is 0 Å². The molecule has 2 rings (SSSR count). The van der Waals surface area contributed by atoms with Gasteiger partial charge < -0.3 is 5.11 Å². The van der Waals surface area contributed by atoms with Crippen molar-refractivity contribution in [2.45, 2.75) is 54.9 Å². The van der Waals surface area contributed by atoms with Crippen molar-refractivity contribution >= 4 is 0 Å². The summed E-state index contributed by atoms with van der Waals surface area (Å²) in [6.45, 7) is 16.5. The number of hydrogen-bond acceptors (Lipinski definition) is 1. The van der Waals surface area contributed by atoms with E-state index in [0.717, 1.165) is 0 Å². The summed E-state index contributed by atoms with van der Waals surface area (Å²) >= 11 is 0. The maximum absolute atomic E-state index is 9.95. The molecule has 1 nitrogen and oxygen atoms in total. The molecule has 0 saturated heterocycles. The first-order valence-electron chi connectivity index (χ1n) is 7.67. The highest BCUT2D eigenvalue weighted by Gasteiger charge is 2.46. The van der Waals surface area contributed by atoms with E-state index in [1.165, 1.54) is 17.6 Å². The Hall–Kier alpha value is -0.560. The predicted molar refractivity (Wildman–Crippen MR) is 81.9 cm³/mol. The van der Waals surface area contributed by atoms with E-state index < -0.39 is 0 Å². The summed E-state index contributed by atoms with van der Waals surface area (Å²) in [7, 11) is 0. The van der Waals surface area contributed by atoms with Crippen LogP contribution in [0, 0.1) is 28.6 Å². The lowest BCUT2D eigenvalue weighted by Crippen LogP contribution is -2.41. The summed E-state index contributed by atoms with van der Waals surface area (Å²) in [5, 5.41) is 9.95. The summed E-state index contributed by atoms with van der Waals surface area (Å²) in [6.07, 6.45) is 3.64.